The third-order valence-electron chi connectivity index (χ3n) is 8.28. The summed E-state index contributed by atoms with van der Waals surface area (Å²) in [6, 6.07) is 4.20. The molecule has 2 heterocycles. The lowest BCUT2D eigenvalue weighted by atomic mass is 9.60. The van der Waals surface area contributed by atoms with Crippen LogP contribution >= 0.6 is 0 Å². The number of piperidine rings is 2. The molecule has 1 amide bonds. The van der Waals surface area contributed by atoms with Crippen LogP contribution in [0.1, 0.15) is 64.7 Å². The average molecular weight is 491 g/mol. The Morgan fingerprint density at radius 1 is 1.23 bits per heavy atom. The molecule has 35 heavy (non-hydrogen) atoms. The van der Waals surface area contributed by atoms with E-state index in [0.717, 1.165) is 83.7 Å². The first kappa shape index (κ1) is 25.7. The third kappa shape index (κ3) is 6.63. The predicted molar refractivity (Wildman–Crippen MR) is 133 cm³/mol. The number of anilines is 1. The largest absolute Gasteiger partial charge is 0.450 e. The molecule has 0 radical (unpaired) electrons. The van der Waals surface area contributed by atoms with Gasteiger partial charge in [-0.3, -0.25) is 10.1 Å². The van der Waals surface area contributed by atoms with Crippen LogP contribution in [-0.2, 0) is 4.74 Å². The molecule has 3 fully saturated rings. The van der Waals surface area contributed by atoms with Crippen LogP contribution in [0.5, 0.6) is 0 Å². The average Bonchev–Trinajstić information content (AvgIpc) is 2.83. The number of likely N-dealkylation sites (tertiary alicyclic amines) is 1. The molecule has 1 N–H and O–H groups in total. The van der Waals surface area contributed by atoms with Gasteiger partial charge in [0.1, 0.15) is 0 Å². The van der Waals surface area contributed by atoms with E-state index in [-0.39, 0.29) is 17.8 Å². The van der Waals surface area contributed by atoms with Gasteiger partial charge in [0.25, 0.3) is 5.69 Å². The Bertz CT molecular complexity index is 874. The summed E-state index contributed by atoms with van der Waals surface area (Å²) in [5.41, 5.74) is 0.666. The topological polar surface area (TPSA) is 88.0 Å². The van der Waals surface area contributed by atoms with Crippen molar-refractivity contribution in [2.75, 3.05) is 44.2 Å². The molecule has 194 valence electrons. The minimum Gasteiger partial charge on any atom is -0.450 e. The molecule has 0 aromatic heterocycles. The molecule has 1 aromatic rings. The number of nitrogens with one attached hydrogen (secondary N) is 1. The Morgan fingerprint density at radius 3 is 2.57 bits per heavy atom. The van der Waals surface area contributed by atoms with Crippen LogP contribution in [0.2, 0.25) is 0 Å². The van der Waals surface area contributed by atoms with Crippen molar-refractivity contribution < 1.29 is 18.8 Å². The first-order chi connectivity index (χ1) is 16.9. The predicted octanol–water partition coefficient (Wildman–Crippen LogP) is 5.11. The molecule has 1 aliphatic carbocycles. The molecule has 0 bridgehead atoms. The number of hydrogen-bond donors (Lipinski definition) is 1. The number of nitrogens with zero attached hydrogens (tertiary/aromatic N) is 3. The third-order valence-corrected chi connectivity index (χ3v) is 8.28. The first-order valence-corrected chi connectivity index (χ1v) is 13.2. The number of ether oxygens (including phenoxy) is 1. The van der Waals surface area contributed by atoms with E-state index in [2.05, 4.69) is 17.1 Å². The molecule has 9 heteroatoms. The van der Waals surface area contributed by atoms with E-state index in [0.29, 0.717) is 23.6 Å². The summed E-state index contributed by atoms with van der Waals surface area (Å²) in [5, 5.41) is 13.9. The summed E-state index contributed by atoms with van der Waals surface area (Å²) in [4.78, 5) is 26.7. The maximum Gasteiger partial charge on any atom is 0.407 e. The van der Waals surface area contributed by atoms with Gasteiger partial charge >= 0.3 is 6.09 Å². The number of nitro benzene ring substituents is 1. The van der Waals surface area contributed by atoms with Gasteiger partial charge < -0.3 is 19.9 Å². The highest BCUT2D eigenvalue weighted by molar-refractivity contribution is 5.67. The van der Waals surface area contributed by atoms with Gasteiger partial charge in [0.15, 0.2) is 5.82 Å². The summed E-state index contributed by atoms with van der Waals surface area (Å²) in [6.07, 6.45) is 9.43. The van der Waals surface area contributed by atoms with Crippen molar-refractivity contribution >= 4 is 17.5 Å². The van der Waals surface area contributed by atoms with E-state index in [9.17, 15) is 19.3 Å². The number of amides is 1. The zero-order chi connectivity index (χ0) is 24.8. The normalized spacial score (nSPS) is 21.0. The number of alkyl carbamates (subject to hydrolysis) is 1. The number of unbranched alkanes of at least 4 members (excludes halogenated alkanes) is 1. The first-order valence-electron chi connectivity index (χ1n) is 13.2. The molecule has 2 saturated heterocycles. The van der Waals surface area contributed by atoms with E-state index >= 15 is 0 Å². The number of hydrogen-bond acceptors (Lipinski definition) is 6. The highest BCUT2D eigenvalue weighted by Gasteiger charge is 2.46. The van der Waals surface area contributed by atoms with Gasteiger partial charge in [-0.25, -0.2) is 9.18 Å². The number of non-ortho nitro benzene ring substituents is 1. The van der Waals surface area contributed by atoms with Crippen molar-refractivity contribution in [1.82, 2.24) is 10.2 Å². The zero-order valence-electron chi connectivity index (χ0n) is 20.8. The van der Waals surface area contributed by atoms with Crippen LogP contribution in [0, 0.1) is 27.3 Å². The zero-order valence-corrected chi connectivity index (χ0v) is 20.8. The van der Waals surface area contributed by atoms with Gasteiger partial charge in [0, 0.05) is 25.2 Å². The molecule has 4 rings (SSSR count). The smallest absolute Gasteiger partial charge is 0.407 e. The molecular weight excluding hydrogens is 451 g/mol. The van der Waals surface area contributed by atoms with Crippen molar-refractivity contribution in [3.8, 4) is 0 Å². The fourth-order valence-electron chi connectivity index (χ4n) is 5.96. The number of rotatable bonds is 9. The Morgan fingerprint density at radius 2 is 1.94 bits per heavy atom. The molecule has 3 aliphatic rings. The van der Waals surface area contributed by atoms with Crippen molar-refractivity contribution in [3.63, 3.8) is 0 Å². The summed E-state index contributed by atoms with van der Waals surface area (Å²) in [7, 11) is 0. The molecule has 1 aromatic carbocycles. The highest BCUT2D eigenvalue weighted by Crippen LogP contribution is 2.49. The van der Waals surface area contributed by atoms with E-state index in [1.54, 1.807) is 0 Å². The number of nitro groups is 1. The molecule has 8 nitrogen and oxygen atoms in total. The second-order valence-corrected chi connectivity index (χ2v) is 10.7. The molecule has 1 saturated carbocycles. The molecular formula is C26H39FN4O4. The number of carbonyl (C=O) groups is 1. The van der Waals surface area contributed by atoms with E-state index < -0.39 is 10.7 Å². The maximum atomic E-state index is 14.3. The minimum atomic E-state index is -0.562. The number of halogens is 1. The van der Waals surface area contributed by atoms with Crippen LogP contribution in [-0.4, -0.2) is 61.3 Å². The van der Waals surface area contributed by atoms with Gasteiger partial charge in [-0.15, -0.1) is 0 Å². The van der Waals surface area contributed by atoms with Crippen molar-refractivity contribution in [2.24, 2.45) is 11.3 Å². The van der Waals surface area contributed by atoms with E-state index in [4.69, 9.17) is 4.74 Å². The fraction of sp³-hybridized carbons (Fsp3) is 0.731. The van der Waals surface area contributed by atoms with E-state index in [1.165, 1.54) is 25.0 Å². The van der Waals surface area contributed by atoms with Gasteiger partial charge in [0.2, 0.25) is 0 Å². The second-order valence-electron chi connectivity index (χ2n) is 10.7. The van der Waals surface area contributed by atoms with Crippen molar-refractivity contribution in [2.45, 2.75) is 70.8 Å². The Balaban J connectivity index is 1.11. The molecule has 2 aliphatic heterocycles. The Labute approximate surface area is 207 Å². The summed E-state index contributed by atoms with van der Waals surface area (Å²) >= 11 is 0. The standard InChI is InChI=1S/C26H39FN4O4/c1-2-3-16-35-25(32)28-21-18-26(19-21)9-14-29(15-10-26)11-6-20-7-12-30(13-8-20)24-5-4-22(31(33)34)17-23(24)27/h4-5,17,20-21H,2-3,6-16,18-19H2,1H3,(H,28,32). The quantitative estimate of drug-likeness (QED) is 0.294. The van der Waals surface area contributed by atoms with Gasteiger partial charge in [-0.2, -0.15) is 0 Å². The second kappa shape index (κ2) is 11.5. The Kier molecular flexibility index (Phi) is 8.46. The van der Waals surface area contributed by atoms with E-state index in [1.807, 2.05) is 4.90 Å². The lowest BCUT2D eigenvalue weighted by molar-refractivity contribution is -0.385. The monoisotopic (exact) mass is 490 g/mol. The van der Waals surface area contributed by atoms with Gasteiger partial charge in [-0.1, -0.05) is 13.3 Å². The van der Waals surface area contributed by atoms with Crippen molar-refractivity contribution in [1.29, 1.82) is 0 Å². The van der Waals surface area contributed by atoms with Crippen LogP contribution in [0.15, 0.2) is 18.2 Å². The summed E-state index contributed by atoms with van der Waals surface area (Å²) < 4.78 is 19.6. The molecule has 0 atom stereocenters. The lowest BCUT2D eigenvalue weighted by Gasteiger charge is -2.52. The van der Waals surface area contributed by atoms with Crippen LogP contribution < -0.4 is 10.2 Å². The summed E-state index contributed by atoms with van der Waals surface area (Å²) in [6.45, 7) is 7.52. The highest BCUT2D eigenvalue weighted by atomic mass is 19.1. The van der Waals surface area contributed by atoms with Crippen LogP contribution in [0.25, 0.3) is 0 Å². The summed E-state index contributed by atoms with van der Waals surface area (Å²) in [5.74, 6) is 0.126. The molecule has 1 spiro atoms. The maximum absolute atomic E-state index is 14.3. The van der Waals surface area contributed by atoms with Crippen LogP contribution in [0.3, 0.4) is 0 Å². The lowest BCUT2D eigenvalue weighted by Crippen LogP contribution is -2.55. The minimum absolute atomic E-state index is 0.206. The SMILES string of the molecule is CCCCOC(=O)NC1CC2(CCN(CCC3CCN(c4ccc([N+](=O)[O-])cc4F)CC3)CC2)C1. The van der Waals surface area contributed by atoms with Crippen LogP contribution in [0.4, 0.5) is 20.6 Å². The van der Waals surface area contributed by atoms with Gasteiger partial charge in [0.05, 0.1) is 23.3 Å². The fourth-order valence-corrected chi connectivity index (χ4v) is 5.96. The Hall–Kier alpha value is -2.42. The number of benzene rings is 1. The number of carbonyl (C=O) groups excluding carboxylic acids is 1. The van der Waals surface area contributed by atoms with Gasteiger partial charge in [-0.05, 0) is 88.4 Å². The van der Waals surface area contributed by atoms with Crippen molar-refractivity contribution in [3.05, 3.63) is 34.1 Å². The molecule has 0 unspecified atom stereocenters.